The van der Waals surface area contributed by atoms with Crippen molar-refractivity contribution in [3.63, 3.8) is 0 Å². The Morgan fingerprint density at radius 2 is 1.89 bits per heavy atom. The van der Waals surface area contributed by atoms with Crippen molar-refractivity contribution in [2.45, 2.75) is 25.8 Å². The minimum atomic E-state index is -0.218. The largest absolute Gasteiger partial charge is 0.497 e. The summed E-state index contributed by atoms with van der Waals surface area (Å²) in [6.45, 7) is 4.20. The number of amides is 1. The van der Waals surface area contributed by atoms with Gasteiger partial charge >= 0.3 is 0 Å². The number of fused-ring (bicyclic) bond motifs is 1. The predicted octanol–water partition coefficient (Wildman–Crippen LogP) is 3.20. The third-order valence-electron chi connectivity index (χ3n) is 4.62. The van der Waals surface area contributed by atoms with E-state index >= 15 is 0 Å². The Hall–Kier alpha value is -3.08. The van der Waals surface area contributed by atoms with Crippen LogP contribution in [0.5, 0.6) is 5.75 Å². The highest BCUT2D eigenvalue weighted by Gasteiger charge is 2.28. The highest BCUT2D eigenvalue weighted by Crippen LogP contribution is 2.32. The number of methoxy groups -OCH3 is 1. The quantitative estimate of drug-likeness (QED) is 0.646. The zero-order valence-electron chi connectivity index (χ0n) is 16.1. The summed E-state index contributed by atoms with van der Waals surface area (Å²) in [6, 6.07) is 12.6. The van der Waals surface area contributed by atoms with Gasteiger partial charge in [-0.15, -0.1) is 0 Å². The highest BCUT2D eigenvalue weighted by atomic mass is 16.5. The fourth-order valence-corrected chi connectivity index (χ4v) is 3.33. The van der Waals surface area contributed by atoms with E-state index in [-0.39, 0.29) is 17.2 Å². The van der Waals surface area contributed by atoms with Gasteiger partial charge in [-0.2, -0.15) is 0 Å². The minimum Gasteiger partial charge on any atom is -0.497 e. The van der Waals surface area contributed by atoms with Crippen molar-refractivity contribution >= 4 is 17.4 Å². The van der Waals surface area contributed by atoms with E-state index in [4.69, 9.17) is 4.74 Å². The summed E-state index contributed by atoms with van der Waals surface area (Å²) in [5.74, 6) is 0.370. The second-order valence-corrected chi connectivity index (χ2v) is 7.29. The molecule has 140 valence electrons. The summed E-state index contributed by atoms with van der Waals surface area (Å²) in [4.78, 5) is 24.7. The first-order valence-electron chi connectivity index (χ1n) is 8.86. The van der Waals surface area contributed by atoms with E-state index < -0.39 is 0 Å². The van der Waals surface area contributed by atoms with Crippen molar-refractivity contribution in [2.24, 2.45) is 0 Å². The first-order valence-corrected chi connectivity index (χ1v) is 8.86. The molecule has 27 heavy (non-hydrogen) atoms. The molecular formula is C22H24N2O3. The number of ketones is 1. The van der Waals surface area contributed by atoms with Gasteiger partial charge in [-0.3, -0.25) is 9.59 Å². The van der Waals surface area contributed by atoms with Crippen LogP contribution in [0.1, 0.15) is 45.7 Å². The summed E-state index contributed by atoms with van der Waals surface area (Å²) >= 11 is 0. The Bertz CT molecular complexity index is 929. The smallest absolute Gasteiger partial charge is 0.251 e. The maximum atomic E-state index is 12.9. The molecule has 5 nitrogen and oxygen atoms in total. The van der Waals surface area contributed by atoms with Crippen LogP contribution >= 0.6 is 0 Å². The van der Waals surface area contributed by atoms with Crippen LogP contribution in [-0.2, 0) is 6.42 Å². The van der Waals surface area contributed by atoms with Crippen molar-refractivity contribution in [1.82, 2.24) is 10.6 Å². The van der Waals surface area contributed by atoms with Crippen molar-refractivity contribution in [3.05, 3.63) is 70.8 Å². The van der Waals surface area contributed by atoms with Crippen molar-refractivity contribution in [2.75, 3.05) is 14.2 Å². The Morgan fingerprint density at radius 3 is 2.59 bits per heavy atom. The molecule has 0 radical (unpaired) electrons. The average Bonchev–Trinajstić information content (AvgIpc) is 2.66. The number of nitrogens with one attached hydrogen (secondary N) is 2. The van der Waals surface area contributed by atoms with Crippen LogP contribution in [0.25, 0.3) is 5.70 Å². The molecule has 1 aliphatic rings. The highest BCUT2D eigenvalue weighted by molar-refractivity contribution is 6.10. The second-order valence-electron chi connectivity index (χ2n) is 7.29. The van der Waals surface area contributed by atoms with Crippen molar-refractivity contribution < 1.29 is 14.3 Å². The molecule has 0 aromatic heterocycles. The van der Waals surface area contributed by atoms with Crippen LogP contribution in [0.4, 0.5) is 0 Å². The normalized spacial score (nSPS) is 16.2. The lowest BCUT2D eigenvalue weighted by Gasteiger charge is -2.35. The summed E-state index contributed by atoms with van der Waals surface area (Å²) in [6.07, 6.45) is 2.45. The van der Waals surface area contributed by atoms with E-state index in [2.05, 4.69) is 24.5 Å². The zero-order chi connectivity index (χ0) is 19.6. The fourth-order valence-electron chi connectivity index (χ4n) is 3.33. The summed E-state index contributed by atoms with van der Waals surface area (Å²) < 4.78 is 5.34. The lowest BCUT2D eigenvalue weighted by molar-refractivity contribution is 0.0963. The average molecular weight is 364 g/mol. The molecule has 2 aromatic carbocycles. The third kappa shape index (κ3) is 4.03. The minimum absolute atomic E-state index is 0.158. The van der Waals surface area contributed by atoms with Crippen molar-refractivity contribution in [1.29, 1.82) is 0 Å². The molecule has 5 heteroatoms. The molecule has 2 N–H and O–H groups in total. The van der Waals surface area contributed by atoms with Crippen LogP contribution in [0, 0.1) is 0 Å². The summed E-state index contributed by atoms with van der Waals surface area (Å²) in [5, 5.41) is 6.03. The second kappa shape index (κ2) is 7.27. The van der Waals surface area contributed by atoms with E-state index in [0.717, 1.165) is 29.0 Å². The van der Waals surface area contributed by atoms with E-state index in [1.54, 1.807) is 44.5 Å². The number of hydrogen-bond donors (Lipinski definition) is 2. The standard InChI is InChI=1S/C22H24N2O3/c1-22(2)13-16-8-9-17(27-4)11-18(16)19(24-22)12-20(25)14-6-5-7-15(10-14)21(26)23-3/h5-12,24H,13H2,1-4H3,(H,23,26)/b19-12-. The van der Waals surface area contributed by atoms with Gasteiger partial charge < -0.3 is 15.4 Å². The van der Waals surface area contributed by atoms with Gasteiger partial charge in [0, 0.05) is 41.1 Å². The van der Waals surface area contributed by atoms with E-state index in [1.165, 1.54) is 0 Å². The third-order valence-corrected chi connectivity index (χ3v) is 4.62. The fraction of sp³-hybridized carbons (Fsp3) is 0.273. The predicted molar refractivity (Wildman–Crippen MR) is 106 cm³/mol. The molecule has 1 aliphatic heterocycles. The number of rotatable bonds is 4. The van der Waals surface area contributed by atoms with E-state index in [1.807, 2.05) is 18.2 Å². The monoisotopic (exact) mass is 364 g/mol. The number of carbonyl (C=O) groups is 2. The van der Waals surface area contributed by atoms with Gasteiger partial charge in [0.25, 0.3) is 5.91 Å². The molecule has 0 spiro atoms. The van der Waals surface area contributed by atoms with E-state index in [9.17, 15) is 9.59 Å². The number of hydrogen-bond acceptors (Lipinski definition) is 4. The van der Waals surface area contributed by atoms with Crippen LogP contribution in [0.3, 0.4) is 0 Å². The van der Waals surface area contributed by atoms with Gasteiger partial charge in [-0.25, -0.2) is 0 Å². The molecule has 0 fully saturated rings. The SMILES string of the molecule is CNC(=O)c1cccc(C(=O)/C=C2\NC(C)(C)Cc3ccc(OC)cc32)c1. The summed E-state index contributed by atoms with van der Waals surface area (Å²) in [5.41, 5.74) is 3.65. The maximum Gasteiger partial charge on any atom is 0.251 e. The van der Waals surface area contributed by atoms with Crippen LogP contribution in [-0.4, -0.2) is 31.4 Å². The van der Waals surface area contributed by atoms with Gasteiger partial charge in [0.05, 0.1) is 7.11 Å². The Balaban J connectivity index is 2.01. The van der Waals surface area contributed by atoms with Gasteiger partial charge in [0.15, 0.2) is 5.78 Å². The maximum absolute atomic E-state index is 12.9. The first-order chi connectivity index (χ1) is 12.8. The van der Waals surface area contributed by atoms with Crippen LogP contribution in [0.2, 0.25) is 0 Å². The Kier molecular flexibility index (Phi) is 5.04. The molecule has 2 aromatic rings. The zero-order valence-corrected chi connectivity index (χ0v) is 16.1. The van der Waals surface area contributed by atoms with Gasteiger partial charge in [-0.05, 0) is 50.1 Å². The van der Waals surface area contributed by atoms with Crippen LogP contribution in [0.15, 0.2) is 48.5 Å². The lowest BCUT2D eigenvalue weighted by Crippen LogP contribution is -2.43. The molecule has 0 unspecified atom stereocenters. The van der Waals surface area contributed by atoms with Crippen LogP contribution < -0.4 is 15.4 Å². The van der Waals surface area contributed by atoms with E-state index in [0.29, 0.717) is 11.1 Å². The number of carbonyl (C=O) groups excluding carboxylic acids is 2. The Morgan fingerprint density at radius 1 is 1.15 bits per heavy atom. The number of allylic oxidation sites excluding steroid dienone is 1. The molecule has 3 rings (SSSR count). The van der Waals surface area contributed by atoms with Gasteiger partial charge in [-0.1, -0.05) is 18.2 Å². The van der Waals surface area contributed by atoms with Gasteiger partial charge in [0.1, 0.15) is 5.75 Å². The molecule has 0 bridgehead atoms. The molecular weight excluding hydrogens is 340 g/mol. The number of ether oxygens (including phenoxy) is 1. The van der Waals surface area contributed by atoms with Crippen molar-refractivity contribution in [3.8, 4) is 5.75 Å². The first kappa shape index (κ1) is 18.7. The van der Waals surface area contributed by atoms with Gasteiger partial charge in [0.2, 0.25) is 0 Å². The number of benzene rings is 2. The Labute approximate surface area is 159 Å². The molecule has 0 saturated heterocycles. The molecule has 0 aliphatic carbocycles. The molecule has 0 atom stereocenters. The molecule has 1 amide bonds. The molecule has 1 heterocycles. The molecule has 0 saturated carbocycles. The summed E-state index contributed by atoms with van der Waals surface area (Å²) in [7, 11) is 3.19. The topological polar surface area (TPSA) is 67.4 Å². The lowest BCUT2D eigenvalue weighted by atomic mass is 9.85.